The Morgan fingerprint density at radius 2 is 2.16 bits per heavy atom. The van der Waals surface area contributed by atoms with Gasteiger partial charge in [0.05, 0.1) is 5.75 Å². The summed E-state index contributed by atoms with van der Waals surface area (Å²) in [4.78, 5) is 15.1. The summed E-state index contributed by atoms with van der Waals surface area (Å²) in [5.41, 5.74) is 0. The molecule has 0 saturated carbocycles. The Morgan fingerprint density at radius 3 is 2.84 bits per heavy atom. The molecule has 3 nitrogen and oxygen atoms in total. The van der Waals surface area contributed by atoms with Crippen LogP contribution in [0.3, 0.4) is 0 Å². The normalized spacial score (nSPS) is 19.1. The second-order valence-electron chi connectivity index (χ2n) is 5.02. The first-order chi connectivity index (χ1) is 9.25. The Labute approximate surface area is 119 Å². The molecule has 104 valence electrons. The van der Waals surface area contributed by atoms with Crippen molar-refractivity contribution in [2.45, 2.75) is 30.2 Å². The number of likely N-dealkylation sites (N-methyl/N-ethyl adjacent to an activating group) is 1. The van der Waals surface area contributed by atoms with E-state index in [9.17, 15) is 4.79 Å². The largest absolute Gasteiger partial charge is 0.343 e. The molecule has 0 radical (unpaired) electrons. The lowest BCUT2D eigenvalue weighted by Crippen LogP contribution is -2.44. The van der Waals surface area contributed by atoms with E-state index in [1.165, 1.54) is 19.3 Å². The molecule has 1 heterocycles. The van der Waals surface area contributed by atoms with Crippen molar-refractivity contribution in [1.82, 2.24) is 10.2 Å². The van der Waals surface area contributed by atoms with Gasteiger partial charge in [0.1, 0.15) is 0 Å². The third-order valence-corrected chi connectivity index (χ3v) is 4.43. The molecule has 1 unspecified atom stereocenters. The molecule has 0 aromatic heterocycles. The van der Waals surface area contributed by atoms with Gasteiger partial charge in [0, 0.05) is 24.5 Å². The number of piperidine rings is 1. The van der Waals surface area contributed by atoms with Crippen LogP contribution in [0.15, 0.2) is 35.2 Å². The number of thioether (sulfide) groups is 1. The van der Waals surface area contributed by atoms with Gasteiger partial charge in [-0.3, -0.25) is 4.79 Å². The lowest BCUT2D eigenvalue weighted by atomic mass is 10.0. The van der Waals surface area contributed by atoms with Crippen LogP contribution in [0.25, 0.3) is 0 Å². The fraction of sp³-hybridized carbons (Fsp3) is 0.533. The van der Waals surface area contributed by atoms with Gasteiger partial charge in [-0.15, -0.1) is 11.8 Å². The molecular formula is C15H22N2OS. The Balaban J connectivity index is 1.72. The summed E-state index contributed by atoms with van der Waals surface area (Å²) in [6, 6.07) is 10.6. The summed E-state index contributed by atoms with van der Waals surface area (Å²) in [5, 5.41) is 3.48. The summed E-state index contributed by atoms with van der Waals surface area (Å²) in [5.74, 6) is 0.731. The van der Waals surface area contributed by atoms with E-state index in [0.29, 0.717) is 11.8 Å². The molecule has 0 bridgehead atoms. The highest BCUT2D eigenvalue weighted by molar-refractivity contribution is 8.00. The molecule has 1 aliphatic rings. The maximum atomic E-state index is 12.1. The molecule has 1 aliphatic heterocycles. The predicted molar refractivity (Wildman–Crippen MR) is 80.4 cm³/mol. The molecular weight excluding hydrogens is 256 g/mol. The number of nitrogens with zero attached hydrogens (tertiary/aromatic N) is 1. The average Bonchev–Trinajstić information content (AvgIpc) is 2.47. The van der Waals surface area contributed by atoms with Crippen LogP contribution >= 0.6 is 11.8 Å². The Hall–Kier alpha value is -1.00. The number of nitrogens with one attached hydrogen (secondary N) is 1. The second-order valence-corrected chi connectivity index (χ2v) is 6.07. The Kier molecular flexibility index (Phi) is 5.73. The minimum Gasteiger partial charge on any atom is -0.343 e. The topological polar surface area (TPSA) is 32.3 Å². The van der Waals surface area contributed by atoms with Crippen molar-refractivity contribution in [1.29, 1.82) is 0 Å². The number of carbonyl (C=O) groups excluding carboxylic acids is 1. The van der Waals surface area contributed by atoms with Crippen LogP contribution in [0.1, 0.15) is 19.3 Å². The fourth-order valence-electron chi connectivity index (χ4n) is 2.28. The first kappa shape index (κ1) is 14.4. The molecule has 1 saturated heterocycles. The van der Waals surface area contributed by atoms with Gasteiger partial charge in [0.25, 0.3) is 0 Å². The summed E-state index contributed by atoms with van der Waals surface area (Å²) in [7, 11) is 1.91. The van der Waals surface area contributed by atoms with E-state index in [2.05, 4.69) is 5.32 Å². The zero-order chi connectivity index (χ0) is 13.5. The van der Waals surface area contributed by atoms with Crippen LogP contribution in [0.2, 0.25) is 0 Å². The number of benzene rings is 1. The molecule has 1 atom stereocenters. The monoisotopic (exact) mass is 278 g/mol. The van der Waals surface area contributed by atoms with E-state index >= 15 is 0 Å². The van der Waals surface area contributed by atoms with E-state index < -0.39 is 0 Å². The van der Waals surface area contributed by atoms with Gasteiger partial charge < -0.3 is 10.2 Å². The smallest absolute Gasteiger partial charge is 0.232 e. The third-order valence-electron chi connectivity index (χ3n) is 3.44. The second kappa shape index (κ2) is 7.56. The lowest BCUT2D eigenvalue weighted by molar-refractivity contribution is -0.127. The summed E-state index contributed by atoms with van der Waals surface area (Å²) < 4.78 is 0. The first-order valence-corrected chi connectivity index (χ1v) is 7.89. The lowest BCUT2D eigenvalue weighted by Gasteiger charge is -2.28. The van der Waals surface area contributed by atoms with Crippen molar-refractivity contribution in [3.05, 3.63) is 30.3 Å². The summed E-state index contributed by atoms with van der Waals surface area (Å²) >= 11 is 1.61. The van der Waals surface area contributed by atoms with Gasteiger partial charge in [-0.2, -0.15) is 0 Å². The molecule has 0 spiro atoms. The molecule has 2 rings (SSSR count). The summed E-state index contributed by atoms with van der Waals surface area (Å²) in [6.07, 6.45) is 3.72. The predicted octanol–water partition coefficient (Wildman–Crippen LogP) is 2.38. The minimum absolute atomic E-state index is 0.209. The van der Waals surface area contributed by atoms with Crippen molar-refractivity contribution < 1.29 is 4.79 Å². The van der Waals surface area contributed by atoms with Gasteiger partial charge in [-0.05, 0) is 31.5 Å². The van der Waals surface area contributed by atoms with Crippen LogP contribution in [0.4, 0.5) is 0 Å². The number of hydrogen-bond acceptors (Lipinski definition) is 3. The van der Waals surface area contributed by atoms with Crippen molar-refractivity contribution in [3.63, 3.8) is 0 Å². The molecule has 1 amide bonds. The standard InChI is InChI=1S/C15H22N2OS/c1-17(11-13-7-5-6-10-16-13)15(18)12-19-14-8-3-2-4-9-14/h2-4,8-9,13,16H,5-7,10-12H2,1H3. The van der Waals surface area contributed by atoms with E-state index in [4.69, 9.17) is 0 Å². The van der Waals surface area contributed by atoms with Crippen molar-refractivity contribution in [2.24, 2.45) is 0 Å². The Bertz CT molecular complexity index is 390. The van der Waals surface area contributed by atoms with Crippen LogP contribution in [0.5, 0.6) is 0 Å². The van der Waals surface area contributed by atoms with Gasteiger partial charge in [-0.25, -0.2) is 0 Å². The number of rotatable bonds is 5. The summed E-state index contributed by atoms with van der Waals surface area (Å²) in [6.45, 7) is 1.92. The van der Waals surface area contributed by atoms with Crippen LogP contribution in [-0.4, -0.2) is 42.7 Å². The SMILES string of the molecule is CN(CC1CCCCN1)C(=O)CSc1ccccc1. The van der Waals surface area contributed by atoms with Crippen molar-refractivity contribution in [3.8, 4) is 0 Å². The highest BCUT2D eigenvalue weighted by atomic mass is 32.2. The van der Waals surface area contributed by atoms with Crippen LogP contribution < -0.4 is 5.32 Å². The molecule has 4 heteroatoms. The number of amides is 1. The van der Waals surface area contributed by atoms with Gasteiger partial charge in [0.15, 0.2) is 0 Å². The van der Waals surface area contributed by atoms with Crippen LogP contribution in [0, 0.1) is 0 Å². The van der Waals surface area contributed by atoms with Gasteiger partial charge in [0.2, 0.25) is 5.91 Å². The molecule has 0 aliphatic carbocycles. The highest BCUT2D eigenvalue weighted by Gasteiger charge is 2.17. The average molecular weight is 278 g/mol. The fourth-order valence-corrected chi connectivity index (χ4v) is 3.14. The van der Waals surface area contributed by atoms with Crippen molar-refractivity contribution in [2.75, 3.05) is 25.9 Å². The minimum atomic E-state index is 0.209. The number of carbonyl (C=O) groups is 1. The highest BCUT2D eigenvalue weighted by Crippen LogP contribution is 2.17. The van der Waals surface area contributed by atoms with E-state index in [1.54, 1.807) is 11.8 Å². The van der Waals surface area contributed by atoms with Gasteiger partial charge >= 0.3 is 0 Å². The first-order valence-electron chi connectivity index (χ1n) is 6.91. The van der Waals surface area contributed by atoms with E-state index in [0.717, 1.165) is 18.0 Å². The van der Waals surface area contributed by atoms with E-state index in [1.807, 2.05) is 42.3 Å². The van der Waals surface area contributed by atoms with Gasteiger partial charge in [-0.1, -0.05) is 24.6 Å². The quantitative estimate of drug-likeness (QED) is 0.839. The molecule has 1 fully saturated rings. The van der Waals surface area contributed by atoms with Crippen LogP contribution in [-0.2, 0) is 4.79 Å². The number of hydrogen-bond donors (Lipinski definition) is 1. The van der Waals surface area contributed by atoms with Crippen molar-refractivity contribution >= 4 is 17.7 Å². The maximum Gasteiger partial charge on any atom is 0.232 e. The molecule has 1 N–H and O–H groups in total. The molecule has 1 aromatic carbocycles. The zero-order valence-electron chi connectivity index (χ0n) is 11.5. The molecule has 19 heavy (non-hydrogen) atoms. The van der Waals surface area contributed by atoms with E-state index in [-0.39, 0.29) is 5.91 Å². The third kappa shape index (κ3) is 4.88. The zero-order valence-corrected chi connectivity index (χ0v) is 12.3. The molecule has 1 aromatic rings. The maximum absolute atomic E-state index is 12.1. The Morgan fingerprint density at radius 1 is 1.37 bits per heavy atom.